The van der Waals surface area contributed by atoms with Gasteiger partial charge in [0.15, 0.2) is 0 Å². The van der Waals surface area contributed by atoms with E-state index in [0.29, 0.717) is 23.9 Å². The number of aliphatic imine (C=N–C) groups is 6. The van der Waals surface area contributed by atoms with E-state index in [1.165, 1.54) is 72.6 Å². The van der Waals surface area contributed by atoms with Crippen molar-refractivity contribution in [2.45, 2.75) is 156 Å². The van der Waals surface area contributed by atoms with Gasteiger partial charge in [-0.25, -0.2) is 4.99 Å². The molecule has 8 rings (SSSR count). The first-order valence-electron chi connectivity index (χ1n) is 31.3. The summed E-state index contributed by atoms with van der Waals surface area (Å²) in [4.78, 5) is 28.0. The van der Waals surface area contributed by atoms with Crippen LogP contribution >= 0.6 is 0 Å². The predicted octanol–water partition coefficient (Wildman–Crippen LogP) is 22.5. The number of amidine groups is 3. The number of hydrogen-bond donors (Lipinski definition) is 3. The molecule has 0 atom stereocenters. The first-order chi connectivity index (χ1) is 42.0. The maximum absolute atomic E-state index is 4.86. The highest BCUT2D eigenvalue weighted by atomic mass is 15.0. The molecule has 3 N–H and O–H groups in total. The van der Waals surface area contributed by atoms with E-state index in [9.17, 15) is 0 Å². The van der Waals surface area contributed by atoms with Gasteiger partial charge in [0.05, 0.1) is 34.4 Å². The molecule has 9 heteroatoms. The molecule has 0 aliphatic heterocycles. The first-order valence-corrected chi connectivity index (χ1v) is 31.3. The number of anilines is 3. The lowest BCUT2D eigenvalue weighted by Crippen LogP contribution is -2.09. The Morgan fingerprint density at radius 1 is 0.318 bits per heavy atom. The van der Waals surface area contributed by atoms with Crippen molar-refractivity contribution in [2.24, 2.45) is 41.8 Å². The summed E-state index contributed by atoms with van der Waals surface area (Å²) in [7, 11) is 0. The Kier molecular flexibility index (Phi) is 26.3. The molecule has 0 fully saturated rings. The van der Waals surface area contributed by atoms with E-state index in [-0.39, 0.29) is 0 Å². The smallest absolute Gasteiger partial charge is 0.103 e. The standard InChI is InChI=1S/C33H35N3.2C23H31N3/c1-22-9-7-10-23(2)32(22)21-26(5)34-30-17-13-28(14-18-30)29-15-19-31(20-16-29)35-27(6)36-33-24(3)11-8-12-25(33)4;2*1-16(2)15-18(5)25-22-11-7-20(8-12-22)21-9-13-23(14-10-21)26-19(6)24-17(3)4/h7-20H,21H2,1-6H3,(H,35,36);2*7-14,16-17H,15H2,1-6H3,(H,24,26). The quantitative estimate of drug-likeness (QED) is 0.0588. The minimum atomic E-state index is 0.298. The van der Waals surface area contributed by atoms with Crippen LogP contribution in [0.2, 0.25) is 0 Å². The van der Waals surface area contributed by atoms with Gasteiger partial charge in [0, 0.05) is 52.7 Å². The highest BCUT2D eigenvalue weighted by molar-refractivity contribution is 5.96. The first kappa shape index (κ1) is 68.3. The number of nitrogens with zero attached hydrogens (tertiary/aromatic N) is 6. The fourth-order valence-electron chi connectivity index (χ4n) is 10.4. The molecule has 88 heavy (non-hydrogen) atoms. The van der Waals surface area contributed by atoms with Gasteiger partial charge < -0.3 is 16.0 Å². The number of nitrogens with one attached hydrogen (secondary N) is 3. The largest absolute Gasteiger partial charge is 0.344 e. The summed E-state index contributed by atoms with van der Waals surface area (Å²) in [6, 6.07) is 64.0. The zero-order chi connectivity index (χ0) is 63.9. The summed E-state index contributed by atoms with van der Waals surface area (Å²) in [6.07, 6.45) is 2.95. The minimum absolute atomic E-state index is 0.298. The monoisotopic (exact) mass is 1170 g/mol. The molecule has 9 nitrogen and oxygen atoms in total. The van der Waals surface area contributed by atoms with E-state index >= 15 is 0 Å². The van der Waals surface area contributed by atoms with Gasteiger partial charge in [0.2, 0.25) is 0 Å². The second-order valence-electron chi connectivity index (χ2n) is 24.6. The second-order valence-corrected chi connectivity index (χ2v) is 24.6. The Balaban J connectivity index is 0.000000215. The van der Waals surface area contributed by atoms with Crippen molar-refractivity contribution in [2.75, 3.05) is 16.0 Å². The highest BCUT2D eigenvalue weighted by Crippen LogP contribution is 2.29. The third-order valence-electron chi connectivity index (χ3n) is 14.3. The number of benzene rings is 8. The van der Waals surface area contributed by atoms with Gasteiger partial charge in [-0.2, -0.15) is 0 Å². The van der Waals surface area contributed by atoms with Gasteiger partial charge >= 0.3 is 0 Å². The van der Waals surface area contributed by atoms with Crippen molar-refractivity contribution in [3.63, 3.8) is 0 Å². The van der Waals surface area contributed by atoms with Gasteiger partial charge in [-0.3, -0.25) is 25.0 Å². The SMILES string of the molecule is CC(CC(C)C)=Nc1ccc(-c2ccc(NC(C)=NC(C)C)cc2)cc1.CC(CC(C)C)=Nc1ccc(-c2ccc(NC(C)=NC(C)C)cc2)cc1.CC(Cc1c(C)cccc1C)=Nc1ccc(-c2ccc(NC(C)=Nc3c(C)cccc3C)cc2)cc1. The van der Waals surface area contributed by atoms with Crippen molar-refractivity contribution < 1.29 is 0 Å². The number of para-hydroxylation sites is 1. The van der Waals surface area contributed by atoms with E-state index in [1.54, 1.807) is 0 Å². The van der Waals surface area contributed by atoms with E-state index in [2.05, 4.69) is 312 Å². The molecule has 8 aromatic carbocycles. The predicted molar refractivity (Wildman–Crippen MR) is 389 cm³/mol. The van der Waals surface area contributed by atoms with Crippen molar-refractivity contribution in [1.29, 1.82) is 0 Å². The summed E-state index contributed by atoms with van der Waals surface area (Å²) in [5.41, 5.74) is 24.2. The minimum Gasteiger partial charge on any atom is -0.344 e. The Bertz CT molecular complexity index is 3490. The Morgan fingerprint density at radius 2 is 0.591 bits per heavy atom. The number of aryl methyl sites for hydroxylation is 4. The highest BCUT2D eigenvalue weighted by Gasteiger charge is 2.09. The van der Waals surface area contributed by atoms with Crippen molar-refractivity contribution >= 4 is 74.5 Å². The van der Waals surface area contributed by atoms with Gasteiger partial charge in [-0.1, -0.05) is 137 Å². The lowest BCUT2D eigenvalue weighted by Gasteiger charge is -2.10. The summed E-state index contributed by atoms with van der Waals surface area (Å²) in [6.45, 7) is 38.0. The van der Waals surface area contributed by atoms with Crippen LogP contribution in [0.1, 0.15) is 138 Å². The molecule has 0 heterocycles. The molecular weight excluding hydrogens is 1070 g/mol. The van der Waals surface area contributed by atoms with Crippen LogP contribution in [0.15, 0.2) is 212 Å². The Morgan fingerprint density at radius 3 is 0.886 bits per heavy atom. The molecule has 0 unspecified atom stereocenters. The van der Waals surface area contributed by atoms with Crippen LogP contribution in [-0.2, 0) is 6.42 Å². The second kappa shape index (κ2) is 33.9. The molecule has 0 radical (unpaired) electrons. The Hall–Kier alpha value is -8.82. The average Bonchev–Trinajstić information content (AvgIpc) is 3.26. The van der Waals surface area contributed by atoms with Crippen LogP contribution in [0.3, 0.4) is 0 Å². The van der Waals surface area contributed by atoms with Crippen LogP contribution < -0.4 is 16.0 Å². The maximum Gasteiger partial charge on any atom is 0.103 e. The van der Waals surface area contributed by atoms with E-state index < -0.39 is 0 Å². The molecule has 458 valence electrons. The van der Waals surface area contributed by atoms with Crippen molar-refractivity contribution in [3.8, 4) is 33.4 Å². The molecule has 0 saturated heterocycles. The lowest BCUT2D eigenvalue weighted by atomic mass is 9.98. The molecule has 0 saturated carbocycles. The van der Waals surface area contributed by atoms with Gasteiger partial charge in [-0.05, 0) is 256 Å². The molecule has 0 bridgehead atoms. The fraction of sp³-hybridized carbons (Fsp3) is 0.316. The lowest BCUT2D eigenvalue weighted by molar-refractivity contribution is 0.682. The third kappa shape index (κ3) is 23.1. The van der Waals surface area contributed by atoms with Gasteiger partial charge in [0.25, 0.3) is 0 Å². The van der Waals surface area contributed by atoms with Crippen LogP contribution in [-0.4, -0.2) is 46.7 Å². The van der Waals surface area contributed by atoms with Crippen LogP contribution in [0, 0.1) is 39.5 Å². The molecule has 0 aliphatic rings. The van der Waals surface area contributed by atoms with Crippen LogP contribution in [0.4, 0.5) is 39.8 Å². The molecule has 0 aromatic heterocycles. The van der Waals surface area contributed by atoms with Crippen LogP contribution in [0.25, 0.3) is 33.4 Å². The third-order valence-corrected chi connectivity index (χ3v) is 14.3. The summed E-state index contributed by atoms with van der Waals surface area (Å²) >= 11 is 0. The molecule has 0 amide bonds. The van der Waals surface area contributed by atoms with Crippen LogP contribution in [0.5, 0.6) is 0 Å². The maximum atomic E-state index is 4.86. The van der Waals surface area contributed by atoms with Crippen molar-refractivity contribution in [1.82, 2.24) is 0 Å². The summed E-state index contributed by atoms with van der Waals surface area (Å²) in [5, 5.41) is 10.1. The zero-order valence-corrected chi connectivity index (χ0v) is 55.9. The molecule has 0 spiro atoms. The molecular formula is C79H97N9. The van der Waals surface area contributed by atoms with E-state index in [4.69, 9.17) is 20.0 Å². The van der Waals surface area contributed by atoms with Gasteiger partial charge in [0.1, 0.15) is 5.84 Å². The average molecular weight is 1170 g/mol. The number of rotatable bonds is 18. The summed E-state index contributed by atoms with van der Waals surface area (Å²) < 4.78 is 0. The molecule has 8 aromatic rings. The van der Waals surface area contributed by atoms with E-state index in [1.807, 2.05) is 20.8 Å². The molecule has 0 aliphatic carbocycles. The van der Waals surface area contributed by atoms with Crippen molar-refractivity contribution in [3.05, 3.63) is 210 Å². The summed E-state index contributed by atoms with van der Waals surface area (Å²) in [5.74, 6) is 4.02. The normalized spacial score (nSPS) is 12.5. The van der Waals surface area contributed by atoms with Gasteiger partial charge in [-0.15, -0.1) is 0 Å². The van der Waals surface area contributed by atoms with E-state index in [0.717, 1.165) is 82.3 Å². The fourth-order valence-corrected chi connectivity index (χ4v) is 10.4. The topological polar surface area (TPSA) is 110 Å². The zero-order valence-electron chi connectivity index (χ0n) is 55.9. The Labute approximate surface area is 528 Å². The number of hydrogen-bond acceptors (Lipinski definition) is 6.